The maximum atomic E-state index is 11.8. The number of carboxylic acid groups (broad SMARTS) is 2. The van der Waals surface area contributed by atoms with E-state index in [-0.39, 0.29) is 45.2 Å². The number of H-pyrrole nitrogens is 1. The lowest BCUT2D eigenvalue weighted by Gasteiger charge is -2.08. The van der Waals surface area contributed by atoms with Crippen molar-refractivity contribution >= 4 is 46.5 Å². The number of hydrazone groups is 1. The number of carbonyl (C=O) groups excluding carboxylic acids is 1. The Morgan fingerprint density at radius 3 is 2.36 bits per heavy atom. The van der Waals surface area contributed by atoms with Crippen molar-refractivity contribution in [2.75, 3.05) is 5.43 Å². The Morgan fingerprint density at radius 1 is 0.944 bits per heavy atom. The number of hydrogen-bond donors (Lipinski definition) is 4. The fourth-order valence-corrected chi connectivity index (χ4v) is 3.23. The molecule has 0 saturated carbocycles. The summed E-state index contributed by atoms with van der Waals surface area (Å²) in [6.07, 6.45) is 0.563. The third-order valence-corrected chi connectivity index (χ3v) is 4.92. The van der Waals surface area contributed by atoms with E-state index in [1.165, 1.54) is 48.5 Å². The van der Waals surface area contributed by atoms with E-state index in [9.17, 15) is 29.4 Å². The number of carboxylic acids is 2. The molecule has 0 amide bonds. The van der Waals surface area contributed by atoms with E-state index in [2.05, 4.69) is 30.7 Å². The molecule has 0 unspecified atom stereocenters. The van der Waals surface area contributed by atoms with Gasteiger partial charge in [-0.15, -0.1) is 10.2 Å². The highest BCUT2D eigenvalue weighted by atomic mass is 16.4. The third kappa shape index (κ3) is 5.02. The van der Waals surface area contributed by atoms with Crippen LogP contribution in [0.1, 0.15) is 36.8 Å². The molecule has 2 aromatic carbocycles. The Morgan fingerprint density at radius 2 is 1.64 bits per heavy atom. The van der Waals surface area contributed by atoms with Crippen molar-refractivity contribution in [1.82, 2.24) is 9.97 Å². The summed E-state index contributed by atoms with van der Waals surface area (Å²) in [4.78, 5) is 53.4. The summed E-state index contributed by atoms with van der Waals surface area (Å²) in [7, 11) is 0. The van der Waals surface area contributed by atoms with E-state index in [1.807, 2.05) is 0 Å². The molecule has 0 bridgehead atoms. The van der Waals surface area contributed by atoms with Crippen LogP contribution in [-0.2, 0) is 0 Å². The SMILES string of the molecule is O=Cc1cc(/C(N=Nc2ccccc2C(=O)O)=N/Nc2ccccc2C(=O)O)nc2[nH]c(=O)ccc12. The molecule has 0 saturated heterocycles. The van der Waals surface area contributed by atoms with Gasteiger partial charge in [0.2, 0.25) is 11.4 Å². The quantitative estimate of drug-likeness (QED) is 0.100. The number of benzene rings is 2. The minimum atomic E-state index is -1.22. The lowest BCUT2D eigenvalue weighted by atomic mass is 10.1. The maximum absolute atomic E-state index is 11.8. The molecular formula is C24H16N6O6. The zero-order valence-electron chi connectivity index (χ0n) is 18.2. The molecule has 178 valence electrons. The highest BCUT2D eigenvalue weighted by Crippen LogP contribution is 2.21. The molecule has 0 fully saturated rings. The summed E-state index contributed by atoms with van der Waals surface area (Å²) in [5.41, 5.74) is 2.38. The van der Waals surface area contributed by atoms with Gasteiger partial charge in [-0.2, -0.15) is 5.10 Å². The van der Waals surface area contributed by atoms with Crippen LogP contribution in [0.3, 0.4) is 0 Å². The molecular weight excluding hydrogens is 468 g/mol. The van der Waals surface area contributed by atoms with Gasteiger partial charge < -0.3 is 15.2 Å². The molecule has 0 radical (unpaired) electrons. The van der Waals surface area contributed by atoms with E-state index in [1.54, 1.807) is 18.2 Å². The van der Waals surface area contributed by atoms with E-state index >= 15 is 0 Å². The van der Waals surface area contributed by atoms with Crippen LogP contribution in [0, 0.1) is 0 Å². The topological polar surface area (TPSA) is 187 Å². The fourth-order valence-electron chi connectivity index (χ4n) is 3.23. The first-order valence-corrected chi connectivity index (χ1v) is 10.3. The van der Waals surface area contributed by atoms with Crippen molar-refractivity contribution in [2.24, 2.45) is 15.3 Å². The number of rotatable bonds is 7. The van der Waals surface area contributed by atoms with Crippen molar-refractivity contribution < 1.29 is 24.6 Å². The van der Waals surface area contributed by atoms with Gasteiger partial charge in [-0.05, 0) is 36.4 Å². The number of amidine groups is 1. The predicted molar refractivity (Wildman–Crippen MR) is 129 cm³/mol. The monoisotopic (exact) mass is 484 g/mol. The lowest BCUT2D eigenvalue weighted by Crippen LogP contribution is -2.10. The number of aromatic nitrogens is 2. The van der Waals surface area contributed by atoms with Gasteiger partial charge in [-0.25, -0.2) is 14.6 Å². The molecule has 2 aromatic heterocycles. The van der Waals surface area contributed by atoms with Crippen LogP contribution >= 0.6 is 0 Å². The number of carbonyl (C=O) groups is 3. The lowest BCUT2D eigenvalue weighted by molar-refractivity contribution is 0.0687. The highest BCUT2D eigenvalue weighted by molar-refractivity contribution is 6.04. The number of aromatic amines is 1. The zero-order chi connectivity index (χ0) is 25.7. The molecule has 12 nitrogen and oxygen atoms in total. The molecule has 2 heterocycles. The molecule has 0 aliphatic rings. The summed E-state index contributed by atoms with van der Waals surface area (Å²) in [6, 6.07) is 15.9. The first-order valence-electron chi connectivity index (χ1n) is 10.3. The number of anilines is 1. The van der Waals surface area contributed by atoms with Gasteiger partial charge in [0.05, 0.1) is 16.8 Å². The number of fused-ring (bicyclic) bond motifs is 1. The minimum Gasteiger partial charge on any atom is -0.478 e. The number of hydrogen-bond acceptors (Lipinski definition) is 8. The molecule has 0 atom stereocenters. The Labute approximate surface area is 201 Å². The Kier molecular flexibility index (Phi) is 6.68. The van der Waals surface area contributed by atoms with Crippen molar-refractivity contribution in [3.05, 3.63) is 99.5 Å². The molecule has 4 N–H and O–H groups in total. The third-order valence-electron chi connectivity index (χ3n) is 4.92. The second-order valence-corrected chi connectivity index (χ2v) is 7.22. The highest BCUT2D eigenvalue weighted by Gasteiger charge is 2.14. The Bertz CT molecular complexity index is 1630. The second-order valence-electron chi connectivity index (χ2n) is 7.22. The van der Waals surface area contributed by atoms with Crippen molar-refractivity contribution in [3.63, 3.8) is 0 Å². The Balaban J connectivity index is 1.87. The van der Waals surface area contributed by atoms with Crippen LogP contribution in [0.4, 0.5) is 11.4 Å². The molecule has 4 rings (SSSR count). The number of aldehydes is 1. The van der Waals surface area contributed by atoms with E-state index in [0.29, 0.717) is 11.7 Å². The van der Waals surface area contributed by atoms with Crippen LogP contribution in [0.2, 0.25) is 0 Å². The van der Waals surface area contributed by atoms with Gasteiger partial charge in [0.1, 0.15) is 17.0 Å². The van der Waals surface area contributed by atoms with Crippen LogP contribution in [-0.4, -0.2) is 44.2 Å². The summed E-state index contributed by atoms with van der Waals surface area (Å²) < 4.78 is 0. The normalized spacial score (nSPS) is 11.5. The maximum Gasteiger partial charge on any atom is 0.337 e. The van der Waals surface area contributed by atoms with E-state index in [0.717, 1.165) is 0 Å². The molecule has 0 spiro atoms. The second kappa shape index (κ2) is 10.2. The molecule has 0 aliphatic carbocycles. The van der Waals surface area contributed by atoms with Crippen molar-refractivity contribution in [2.45, 2.75) is 0 Å². The van der Waals surface area contributed by atoms with Crippen LogP contribution in [0.15, 0.2) is 86.9 Å². The van der Waals surface area contributed by atoms with Crippen LogP contribution in [0.5, 0.6) is 0 Å². The van der Waals surface area contributed by atoms with Crippen molar-refractivity contribution in [1.29, 1.82) is 0 Å². The molecule has 0 aliphatic heterocycles. The summed E-state index contributed by atoms with van der Waals surface area (Å²) >= 11 is 0. The summed E-state index contributed by atoms with van der Waals surface area (Å²) in [5, 5.41) is 31.4. The van der Waals surface area contributed by atoms with Gasteiger partial charge in [0.15, 0.2) is 6.29 Å². The average Bonchev–Trinajstić information content (AvgIpc) is 2.88. The first-order chi connectivity index (χ1) is 17.4. The first kappa shape index (κ1) is 23.6. The molecule has 12 heteroatoms. The summed E-state index contributed by atoms with van der Waals surface area (Å²) in [6.45, 7) is 0. The fraction of sp³-hybridized carbons (Fsp3) is 0. The number of azo groups is 1. The molecule has 4 aromatic rings. The summed E-state index contributed by atoms with van der Waals surface area (Å²) in [5.74, 6) is -2.64. The Hall–Kier alpha value is -5.52. The van der Waals surface area contributed by atoms with Crippen LogP contribution < -0.4 is 11.0 Å². The van der Waals surface area contributed by atoms with Gasteiger partial charge >= 0.3 is 11.9 Å². The number of para-hydroxylation sites is 1. The number of nitrogens with zero attached hydrogens (tertiary/aromatic N) is 4. The zero-order valence-corrected chi connectivity index (χ0v) is 18.2. The number of aromatic carboxylic acids is 2. The standard InChI is InChI=1S/C24H16N6O6/c31-12-13-11-19(25-21-14(13)9-10-20(32)26-21)22(29-27-17-7-3-1-5-15(17)23(33)34)30-28-18-8-4-2-6-16(18)24(35)36/h1-12,27H,(H,33,34)(H,35,36)(H,25,26,32)/b29-22-,30-28?. The predicted octanol–water partition coefficient (Wildman–Crippen LogP) is 3.69. The smallest absolute Gasteiger partial charge is 0.337 e. The molecule has 36 heavy (non-hydrogen) atoms. The van der Waals surface area contributed by atoms with E-state index < -0.39 is 17.5 Å². The number of nitrogens with one attached hydrogen (secondary N) is 2. The average molecular weight is 484 g/mol. The van der Waals surface area contributed by atoms with Gasteiger partial charge in [0, 0.05) is 17.0 Å². The van der Waals surface area contributed by atoms with Crippen LogP contribution in [0.25, 0.3) is 11.0 Å². The van der Waals surface area contributed by atoms with Gasteiger partial charge in [-0.1, -0.05) is 24.3 Å². The van der Waals surface area contributed by atoms with Gasteiger partial charge in [0.25, 0.3) is 0 Å². The largest absolute Gasteiger partial charge is 0.478 e. The minimum absolute atomic E-state index is 0.00307. The van der Waals surface area contributed by atoms with E-state index in [4.69, 9.17) is 0 Å². The van der Waals surface area contributed by atoms with Crippen molar-refractivity contribution in [3.8, 4) is 0 Å². The number of pyridine rings is 2. The van der Waals surface area contributed by atoms with Gasteiger partial charge in [-0.3, -0.25) is 15.0 Å².